The van der Waals surface area contributed by atoms with Gasteiger partial charge in [0.15, 0.2) is 0 Å². The van der Waals surface area contributed by atoms with Crippen LogP contribution < -0.4 is 4.90 Å². The van der Waals surface area contributed by atoms with Gasteiger partial charge < -0.3 is 13.9 Å². The van der Waals surface area contributed by atoms with E-state index in [0.29, 0.717) is 0 Å². The standard InChI is InChI=1S/C58H38N2O/c1-4-15-39(16-5-1)40-27-31-44(32-28-40)59(46-35-36-50-49-22-12-13-26-55(49)60(56(50)37-46)43-19-8-3-9-20-43)45-33-29-42(30-34-45)53-38-54-52-25-14-24-47(41-17-6-2-7-18-41)57(52)61-58(54)51-23-11-10-21-48(51)53/h1-38H. The molecular formula is C58H38N2O. The summed E-state index contributed by atoms with van der Waals surface area (Å²) in [5, 5.41) is 6.97. The molecule has 0 bridgehead atoms. The SMILES string of the molecule is c1ccc(-c2ccc(N(c3ccc(-c4cc5c6cccc(-c7ccccc7)c6oc5c5ccccc45)cc3)c3ccc4c5ccccc5n(-c5ccccc5)c4c3)cc2)cc1. The average molecular weight is 779 g/mol. The maximum absolute atomic E-state index is 6.81. The van der Waals surface area contributed by atoms with Crippen LogP contribution in [0.1, 0.15) is 0 Å². The van der Waals surface area contributed by atoms with Gasteiger partial charge in [0.2, 0.25) is 0 Å². The highest BCUT2D eigenvalue weighted by Crippen LogP contribution is 2.44. The fourth-order valence-electron chi connectivity index (χ4n) is 9.33. The van der Waals surface area contributed by atoms with Gasteiger partial charge in [-0.1, -0.05) is 170 Å². The molecule has 0 saturated heterocycles. The molecule has 2 aromatic heterocycles. The Bertz CT molecular complexity index is 3550. The van der Waals surface area contributed by atoms with Crippen molar-refractivity contribution in [1.29, 1.82) is 0 Å². The molecule has 3 nitrogen and oxygen atoms in total. The van der Waals surface area contributed by atoms with Crippen LogP contribution in [0.5, 0.6) is 0 Å². The summed E-state index contributed by atoms with van der Waals surface area (Å²) >= 11 is 0. The first-order valence-electron chi connectivity index (χ1n) is 20.8. The fraction of sp³-hybridized carbons (Fsp3) is 0. The molecule has 0 unspecified atom stereocenters. The number of anilines is 3. The molecule has 0 amide bonds. The van der Waals surface area contributed by atoms with E-state index < -0.39 is 0 Å². The minimum atomic E-state index is 0.915. The van der Waals surface area contributed by atoms with Crippen LogP contribution >= 0.6 is 0 Å². The lowest BCUT2D eigenvalue weighted by Gasteiger charge is -2.26. The maximum atomic E-state index is 6.81. The van der Waals surface area contributed by atoms with Gasteiger partial charge >= 0.3 is 0 Å². The molecule has 0 N–H and O–H groups in total. The van der Waals surface area contributed by atoms with E-state index in [-0.39, 0.29) is 0 Å². The molecular weight excluding hydrogens is 741 g/mol. The van der Waals surface area contributed by atoms with Gasteiger partial charge in [0, 0.05) is 55.2 Å². The number of nitrogens with zero attached hydrogens (tertiary/aromatic N) is 2. The lowest BCUT2D eigenvalue weighted by Crippen LogP contribution is -2.10. The van der Waals surface area contributed by atoms with Crippen molar-refractivity contribution in [3.8, 4) is 39.1 Å². The molecule has 0 aliphatic rings. The number of fused-ring (bicyclic) bond motifs is 8. The van der Waals surface area contributed by atoms with Crippen LogP contribution in [0.2, 0.25) is 0 Å². The lowest BCUT2D eigenvalue weighted by atomic mass is 9.94. The number of aromatic nitrogens is 1. The van der Waals surface area contributed by atoms with E-state index >= 15 is 0 Å². The monoisotopic (exact) mass is 778 g/mol. The largest absolute Gasteiger partial charge is 0.455 e. The van der Waals surface area contributed by atoms with Gasteiger partial charge in [0.05, 0.1) is 11.0 Å². The van der Waals surface area contributed by atoms with E-state index in [2.05, 4.69) is 240 Å². The molecule has 10 aromatic carbocycles. The molecule has 0 spiro atoms. The van der Waals surface area contributed by atoms with E-state index in [9.17, 15) is 0 Å². The number of benzene rings is 10. The summed E-state index contributed by atoms with van der Waals surface area (Å²) in [5.74, 6) is 0. The molecule has 0 fully saturated rings. The van der Waals surface area contributed by atoms with Crippen molar-refractivity contribution in [2.75, 3.05) is 4.90 Å². The molecule has 0 saturated carbocycles. The molecule has 12 aromatic rings. The molecule has 286 valence electrons. The van der Waals surface area contributed by atoms with Crippen molar-refractivity contribution in [3.63, 3.8) is 0 Å². The van der Waals surface area contributed by atoms with Crippen LogP contribution in [-0.2, 0) is 0 Å². The molecule has 61 heavy (non-hydrogen) atoms. The minimum absolute atomic E-state index is 0.915. The summed E-state index contributed by atoms with van der Waals surface area (Å²) < 4.78 is 9.19. The molecule has 0 aliphatic carbocycles. The minimum Gasteiger partial charge on any atom is -0.455 e. The second-order valence-electron chi connectivity index (χ2n) is 15.7. The van der Waals surface area contributed by atoms with Crippen molar-refractivity contribution < 1.29 is 4.42 Å². The predicted molar refractivity (Wildman–Crippen MR) is 257 cm³/mol. The van der Waals surface area contributed by atoms with Crippen LogP contribution in [0.25, 0.3) is 93.6 Å². The van der Waals surface area contributed by atoms with Crippen molar-refractivity contribution >= 4 is 71.6 Å². The molecule has 0 atom stereocenters. The Morgan fingerprint density at radius 2 is 0.803 bits per heavy atom. The first kappa shape index (κ1) is 34.9. The molecule has 2 heterocycles. The van der Waals surface area contributed by atoms with Gasteiger partial charge in [-0.2, -0.15) is 0 Å². The highest BCUT2D eigenvalue weighted by molar-refractivity contribution is 6.20. The van der Waals surface area contributed by atoms with Gasteiger partial charge in [-0.05, 0) is 93.9 Å². The molecule has 0 aliphatic heterocycles. The van der Waals surface area contributed by atoms with E-state index in [4.69, 9.17) is 4.42 Å². The normalized spacial score (nSPS) is 11.6. The van der Waals surface area contributed by atoms with Gasteiger partial charge in [0.25, 0.3) is 0 Å². The number of furan rings is 1. The number of rotatable bonds is 7. The highest BCUT2D eigenvalue weighted by atomic mass is 16.3. The van der Waals surface area contributed by atoms with Crippen LogP contribution in [0, 0.1) is 0 Å². The second kappa shape index (κ2) is 14.3. The van der Waals surface area contributed by atoms with Crippen LogP contribution in [0.4, 0.5) is 17.1 Å². The van der Waals surface area contributed by atoms with Crippen molar-refractivity contribution in [2.45, 2.75) is 0 Å². The smallest absolute Gasteiger partial charge is 0.143 e. The average Bonchev–Trinajstić information content (AvgIpc) is 3.88. The van der Waals surface area contributed by atoms with Gasteiger partial charge in [-0.15, -0.1) is 0 Å². The van der Waals surface area contributed by atoms with Crippen LogP contribution in [0.15, 0.2) is 235 Å². The topological polar surface area (TPSA) is 21.3 Å². The van der Waals surface area contributed by atoms with Crippen LogP contribution in [-0.4, -0.2) is 4.57 Å². The molecule has 3 heteroatoms. The summed E-state index contributed by atoms with van der Waals surface area (Å²) in [6.07, 6.45) is 0. The Labute approximate surface area is 353 Å². The van der Waals surface area contributed by atoms with Crippen LogP contribution in [0.3, 0.4) is 0 Å². The Balaban J connectivity index is 1.02. The fourth-order valence-corrected chi connectivity index (χ4v) is 9.33. The summed E-state index contributed by atoms with van der Waals surface area (Å²) in [5.41, 5.74) is 15.5. The Morgan fingerprint density at radius 3 is 1.52 bits per heavy atom. The molecule has 12 rings (SSSR count). The first-order valence-corrected chi connectivity index (χ1v) is 20.8. The Hall–Kier alpha value is -8.14. The Kier molecular flexibility index (Phi) is 8.17. The van der Waals surface area contributed by atoms with E-state index in [1.165, 1.54) is 33.0 Å². The number of hydrogen-bond acceptors (Lipinski definition) is 2. The highest BCUT2D eigenvalue weighted by Gasteiger charge is 2.20. The lowest BCUT2D eigenvalue weighted by molar-refractivity contribution is 0.674. The zero-order valence-corrected chi connectivity index (χ0v) is 33.2. The summed E-state index contributed by atoms with van der Waals surface area (Å²) in [6, 6.07) is 82.8. The summed E-state index contributed by atoms with van der Waals surface area (Å²) in [6.45, 7) is 0. The van der Waals surface area contributed by atoms with E-state index in [0.717, 1.165) is 77.7 Å². The third-order valence-corrected chi connectivity index (χ3v) is 12.2. The van der Waals surface area contributed by atoms with Crippen molar-refractivity contribution in [3.05, 3.63) is 231 Å². The van der Waals surface area contributed by atoms with E-state index in [1.807, 2.05) is 0 Å². The van der Waals surface area contributed by atoms with Gasteiger partial charge in [0.1, 0.15) is 11.2 Å². The maximum Gasteiger partial charge on any atom is 0.143 e. The van der Waals surface area contributed by atoms with Gasteiger partial charge in [-0.3, -0.25) is 0 Å². The van der Waals surface area contributed by atoms with Crippen molar-refractivity contribution in [2.24, 2.45) is 0 Å². The number of para-hydroxylation sites is 3. The second-order valence-corrected chi connectivity index (χ2v) is 15.7. The Morgan fingerprint density at radius 1 is 0.295 bits per heavy atom. The van der Waals surface area contributed by atoms with Gasteiger partial charge in [-0.25, -0.2) is 0 Å². The zero-order chi connectivity index (χ0) is 40.3. The van der Waals surface area contributed by atoms with E-state index in [1.54, 1.807) is 0 Å². The predicted octanol–water partition coefficient (Wildman–Crippen LogP) is 16.3. The van der Waals surface area contributed by atoms with Crippen molar-refractivity contribution in [1.82, 2.24) is 4.57 Å². The quantitative estimate of drug-likeness (QED) is 0.161. The zero-order valence-electron chi connectivity index (χ0n) is 33.2. The third kappa shape index (κ3) is 5.82. The number of hydrogen-bond donors (Lipinski definition) is 0. The summed E-state index contributed by atoms with van der Waals surface area (Å²) in [7, 11) is 0. The summed E-state index contributed by atoms with van der Waals surface area (Å²) in [4.78, 5) is 2.38. The first-order chi connectivity index (χ1) is 30.3. The molecule has 0 radical (unpaired) electrons. The third-order valence-electron chi connectivity index (χ3n) is 12.2.